The number of ether oxygens (including phenoxy) is 1. The highest BCUT2D eigenvalue weighted by Gasteiger charge is 2.07. The zero-order chi connectivity index (χ0) is 12.7. The zero-order valence-electron chi connectivity index (χ0n) is 10.8. The van der Waals surface area contributed by atoms with Gasteiger partial charge in [-0.25, -0.2) is 0 Å². The lowest BCUT2D eigenvalue weighted by Crippen LogP contribution is -1.97. The molecule has 0 saturated heterocycles. The zero-order valence-corrected chi connectivity index (χ0v) is 11.6. The van der Waals surface area contributed by atoms with Gasteiger partial charge >= 0.3 is 0 Å². The van der Waals surface area contributed by atoms with Crippen molar-refractivity contribution >= 4 is 17.5 Å². The molecule has 2 nitrogen and oxygen atoms in total. The van der Waals surface area contributed by atoms with Crippen LogP contribution in [-0.4, -0.2) is 18.6 Å². The molecular weight excluding hydrogens is 232 g/mol. The maximum Gasteiger partial charge on any atom is 0.159 e. The van der Waals surface area contributed by atoms with Crippen LogP contribution in [0.15, 0.2) is 18.2 Å². The molecule has 1 aromatic rings. The molecule has 0 unspecified atom stereocenters. The molecule has 17 heavy (non-hydrogen) atoms. The van der Waals surface area contributed by atoms with Crippen molar-refractivity contribution in [3.05, 3.63) is 29.3 Å². The average Bonchev–Trinajstić information content (AvgIpc) is 2.34. The van der Waals surface area contributed by atoms with Crippen molar-refractivity contribution < 1.29 is 9.53 Å². The van der Waals surface area contributed by atoms with Crippen LogP contribution in [0.5, 0.6) is 5.75 Å². The summed E-state index contributed by atoms with van der Waals surface area (Å²) in [4.78, 5) is 11.3. The number of methoxy groups -OCH3 is 1. The number of unbranched alkanes of at least 4 members (excludes halogenated alkanes) is 1. The molecule has 0 aromatic heterocycles. The summed E-state index contributed by atoms with van der Waals surface area (Å²) in [5.74, 6) is 3.04. The van der Waals surface area contributed by atoms with Crippen LogP contribution in [0.4, 0.5) is 0 Å². The minimum atomic E-state index is 0.104. The first-order valence-corrected chi connectivity index (χ1v) is 7.10. The van der Waals surface area contributed by atoms with E-state index in [9.17, 15) is 4.79 Å². The predicted molar refractivity (Wildman–Crippen MR) is 74.1 cm³/mol. The number of hydrogen-bond donors (Lipinski definition) is 0. The van der Waals surface area contributed by atoms with Gasteiger partial charge in [0.2, 0.25) is 0 Å². The van der Waals surface area contributed by atoms with E-state index in [-0.39, 0.29) is 5.78 Å². The Labute approximate surface area is 108 Å². The minimum Gasteiger partial charge on any atom is -0.496 e. The molecule has 0 atom stereocenters. The van der Waals surface area contributed by atoms with Crippen LogP contribution in [-0.2, 0) is 5.75 Å². The molecule has 0 spiro atoms. The van der Waals surface area contributed by atoms with Crippen LogP contribution >= 0.6 is 11.8 Å². The normalized spacial score (nSPS) is 10.3. The van der Waals surface area contributed by atoms with E-state index in [2.05, 4.69) is 6.92 Å². The topological polar surface area (TPSA) is 26.3 Å². The number of carbonyl (C=O) groups excluding carboxylic acids is 1. The number of carbonyl (C=O) groups is 1. The maximum atomic E-state index is 11.3. The SMILES string of the molecule is CCCCSCc1cc(C(C)=O)ccc1OC. The van der Waals surface area contributed by atoms with Gasteiger partial charge in [-0.3, -0.25) is 4.79 Å². The highest BCUT2D eigenvalue weighted by atomic mass is 32.2. The highest BCUT2D eigenvalue weighted by Crippen LogP contribution is 2.25. The van der Waals surface area contributed by atoms with Gasteiger partial charge in [0.1, 0.15) is 5.75 Å². The Morgan fingerprint density at radius 1 is 1.41 bits per heavy atom. The fraction of sp³-hybridized carbons (Fsp3) is 0.500. The summed E-state index contributed by atoms with van der Waals surface area (Å²) in [5.41, 5.74) is 1.87. The molecule has 0 aliphatic carbocycles. The number of hydrogen-bond acceptors (Lipinski definition) is 3. The van der Waals surface area contributed by atoms with Gasteiger partial charge in [-0.2, -0.15) is 11.8 Å². The van der Waals surface area contributed by atoms with Crippen LogP contribution < -0.4 is 4.74 Å². The Bertz CT molecular complexity index is 374. The van der Waals surface area contributed by atoms with Crippen LogP contribution in [0.3, 0.4) is 0 Å². The lowest BCUT2D eigenvalue weighted by molar-refractivity contribution is 0.101. The van der Waals surface area contributed by atoms with Gasteiger partial charge in [0.05, 0.1) is 7.11 Å². The summed E-state index contributed by atoms with van der Waals surface area (Å²) < 4.78 is 5.31. The van der Waals surface area contributed by atoms with Crippen LogP contribution in [0.2, 0.25) is 0 Å². The van der Waals surface area contributed by atoms with Gasteiger partial charge in [0.15, 0.2) is 5.78 Å². The molecule has 0 aliphatic heterocycles. The van der Waals surface area contributed by atoms with Crippen molar-refractivity contribution in [3.8, 4) is 5.75 Å². The van der Waals surface area contributed by atoms with Crippen molar-refractivity contribution in [1.82, 2.24) is 0 Å². The van der Waals surface area contributed by atoms with Crippen LogP contribution in [0.25, 0.3) is 0 Å². The monoisotopic (exact) mass is 252 g/mol. The number of Topliss-reactive ketones (excluding diaryl/α,β-unsaturated/α-hetero) is 1. The van der Waals surface area contributed by atoms with Crippen molar-refractivity contribution in [3.63, 3.8) is 0 Å². The number of benzene rings is 1. The first-order chi connectivity index (χ1) is 8.19. The summed E-state index contributed by atoms with van der Waals surface area (Å²) in [6, 6.07) is 5.65. The van der Waals surface area contributed by atoms with E-state index in [0.29, 0.717) is 0 Å². The fourth-order valence-corrected chi connectivity index (χ4v) is 2.62. The Morgan fingerprint density at radius 2 is 2.18 bits per heavy atom. The van der Waals surface area contributed by atoms with Gasteiger partial charge in [-0.15, -0.1) is 0 Å². The van der Waals surface area contributed by atoms with E-state index in [1.807, 2.05) is 30.0 Å². The Balaban J connectivity index is 2.72. The molecule has 0 fully saturated rings. The smallest absolute Gasteiger partial charge is 0.159 e. The molecular formula is C14H20O2S. The quantitative estimate of drug-likeness (QED) is 0.543. The molecule has 0 aliphatic rings. The van der Waals surface area contributed by atoms with E-state index in [0.717, 1.165) is 28.4 Å². The molecule has 0 bridgehead atoms. The van der Waals surface area contributed by atoms with Crippen molar-refractivity contribution in [1.29, 1.82) is 0 Å². The second kappa shape index (κ2) is 7.38. The standard InChI is InChI=1S/C14H20O2S/c1-4-5-8-17-10-13-9-12(11(2)15)6-7-14(13)16-3/h6-7,9H,4-5,8,10H2,1-3H3. The Morgan fingerprint density at radius 3 is 2.76 bits per heavy atom. The van der Waals surface area contributed by atoms with Crippen LogP contribution in [0.1, 0.15) is 42.6 Å². The summed E-state index contributed by atoms with van der Waals surface area (Å²) >= 11 is 1.89. The van der Waals surface area contributed by atoms with Crippen LogP contribution in [0, 0.1) is 0 Å². The molecule has 1 aromatic carbocycles. The second-order valence-electron chi connectivity index (χ2n) is 3.99. The lowest BCUT2D eigenvalue weighted by atomic mass is 10.1. The molecule has 0 amide bonds. The van der Waals surface area contributed by atoms with Gasteiger partial charge in [0, 0.05) is 16.9 Å². The average molecular weight is 252 g/mol. The number of thioether (sulfide) groups is 1. The minimum absolute atomic E-state index is 0.104. The fourth-order valence-electron chi connectivity index (χ4n) is 1.54. The van der Waals surface area contributed by atoms with Crippen molar-refractivity contribution in [2.75, 3.05) is 12.9 Å². The van der Waals surface area contributed by atoms with Gasteiger partial charge in [-0.1, -0.05) is 13.3 Å². The van der Waals surface area contributed by atoms with E-state index < -0.39 is 0 Å². The highest BCUT2D eigenvalue weighted by molar-refractivity contribution is 7.98. The Hall–Kier alpha value is -0.960. The third kappa shape index (κ3) is 4.43. The number of ketones is 1. The number of rotatable bonds is 7. The molecule has 1 rings (SSSR count). The van der Waals surface area contributed by atoms with Crippen molar-refractivity contribution in [2.45, 2.75) is 32.4 Å². The molecule has 3 heteroatoms. The van der Waals surface area contributed by atoms with E-state index >= 15 is 0 Å². The van der Waals surface area contributed by atoms with Gasteiger partial charge in [-0.05, 0) is 37.3 Å². The summed E-state index contributed by atoms with van der Waals surface area (Å²) in [5, 5.41) is 0. The molecule has 0 N–H and O–H groups in total. The second-order valence-corrected chi connectivity index (χ2v) is 5.09. The van der Waals surface area contributed by atoms with E-state index in [4.69, 9.17) is 4.74 Å². The molecule has 0 heterocycles. The summed E-state index contributed by atoms with van der Waals surface area (Å²) in [6.07, 6.45) is 2.46. The largest absolute Gasteiger partial charge is 0.496 e. The third-order valence-electron chi connectivity index (χ3n) is 2.59. The van der Waals surface area contributed by atoms with E-state index in [1.165, 1.54) is 12.8 Å². The predicted octanol–water partition coefficient (Wildman–Crippen LogP) is 3.93. The first kappa shape index (κ1) is 14.1. The van der Waals surface area contributed by atoms with Crippen molar-refractivity contribution in [2.24, 2.45) is 0 Å². The third-order valence-corrected chi connectivity index (χ3v) is 3.68. The van der Waals surface area contributed by atoms with Gasteiger partial charge < -0.3 is 4.74 Å². The summed E-state index contributed by atoms with van der Waals surface area (Å²) in [6.45, 7) is 3.79. The summed E-state index contributed by atoms with van der Waals surface area (Å²) in [7, 11) is 1.67. The molecule has 0 radical (unpaired) electrons. The van der Waals surface area contributed by atoms with Gasteiger partial charge in [0.25, 0.3) is 0 Å². The first-order valence-electron chi connectivity index (χ1n) is 5.94. The Kier molecular flexibility index (Phi) is 6.12. The maximum absolute atomic E-state index is 11.3. The van der Waals surface area contributed by atoms with E-state index in [1.54, 1.807) is 14.0 Å². The molecule has 0 saturated carbocycles. The lowest BCUT2D eigenvalue weighted by Gasteiger charge is -2.09. The molecule has 94 valence electrons.